The number of amides is 2. The van der Waals surface area contributed by atoms with Crippen molar-refractivity contribution >= 4 is 62.7 Å². The monoisotopic (exact) mass is 442 g/mol. The van der Waals surface area contributed by atoms with E-state index in [1.165, 1.54) is 0 Å². The summed E-state index contributed by atoms with van der Waals surface area (Å²) in [5.41, 5.74) is 9.17. The number of nitrogens with two attached hydrogens (primary N) is 1. The maximum atomic E-state index is 12.0. The molecule has 4 aromatic rings. The van der Waals surface area contributed by atoms with Crippen LogP contribution in [0.15, 0.2) is 48.8 Å². The molecule has 0 aliphatic carbocycles. The van der Waals surface area contributed by atoms with Crippen LogP contribution in [0.5, 0.6) is 0 Å². The number of aromatic nitrogens is 3. The van der Waals surface area contributed by atoms with Crippen molar-refractivity contribution in [3.05, 3.63) is 58.8 Å². The molecule has 7 nitrogen and oxygen atoms in total. The molecule has 2 aromatic heterocycles. The number of carbonyl (C=O) groups excluding carboxylic acids is 1. The molecule has 2 aromatic carbocycles. The molecule has 9 heteroatoms. The number of hydrogen-bond donors (Lipinski definition) is 3. The molecule has 0 spiro atoms. The van der Waals surface area contributed by atoms with Crippen LogP contribution < -0.4 is 16.4 Å². The third kappa shape index (κ3) is 4.42. The fourth-order valence-corrected chi connectivity index (χ4v) is 3.91. The predicted octanol–water partition coefficient (Wildman–Crippen LogP) is 5.08. The Hall–Kier alpha value is -3.03. The van der Waals surface area contributed by atoms with Gasteiger partial charge >= 0.3 is 6.03 Å². The first kappa shape index (κ1) is 20.3. The van der Waals surface area contributed by atoms with Gasteiger partial charge in [0.25, 0.3) is 0 Å². The smallest absolute Gasteiger partial charge is 0.319 e. The third-order valence-corrected chi connectivity index (χ3v) is 5.15. The molecule has 0 unspecified atom stereocenters. The fourth-order valence-electron chi connectivity index (χ4n) is 3.39. The molecule has 0 atom stereocenters. The topological polar surface area (TPSA) is 97.9 Å². The number of nitrogens with one attached hydrogen (secondary N) is 2. The van der Waals surface area contributed by atoms with E-state index in [0.717, 1.165) is 35.8 Å². The number of fused-ring (bicyclic) bond motifs is 3. The highest BCUT2D eigenvalue weighted by Crippen LogP contribution is 2.27. The number of nitrogen functional groups attached to an aromatic ring is 1. The Kier molecular flexibility index (Phi) is 5.92. The van der Waals surface area contributed by atoms with Gasteiger partial charge < -0.3 is 20.9 Å². The van der Waals surface area contributed by atoms with Crippen molar-refractivity contribution in [1.29, 1.82) is 0 Å². The maximum absolute atomic E-state index is 12.0. The van der Waals surface area contributed by atoms with Crippen LogP contribution >= 0.6 is 23.2 Å². The van der Waals surface area contributed by atoms with Gasteiger partial charge in [0.05, 0.1) is 17.4 Å². The highest BCUT2D eigenvalue weighted by atomic mass is 35.5. The molecule has 0 bridgehead atoms. The van der Waals surface area contributed by atoms with E-state index < -0.39 is 0 Å². The lowest BCUT2D eigenvalue weighted by Gasteiger charge is -2.10. The van der Waals surface area contributed by atoms with Crippen molar-refractivity contribution in [3.63, 3.8) is 0 Å². The number of benzene rings is 2. The van der Waals surface area contributed by atoms with Crippen LogP contribution in [0.2, 0.25) is 10.0 Å². The molecular formula is C21H20Cl2N6O. The largest absolute Gasteiger partial charge is 0.382 e. The molecule has 0 saturated heterocycles. The van der Waals surface area contributed by atoms with Gasteiger partial charge in [-0.1, -0.05) is 41.4 Å². The number of nitrogens with zero attached hydrogens (tertiary/aromatic N) is 3. The van der Waals surface area contributed by atoms with Gasteiger partial charge in [0.15, 0.2) is 5.82 Å². The molecular weight excluding hydrogens is 423 g/mol. The summed E-state index contributed by atoms with van der Waals surface area (Å²) in [5.74, 6) is 0.432. The standard InChI is InChI=1S/C21H20Cl2N6O/c22-13-9-14(23)11-15(10-13)27-21(30)25-7-3-4-8-29-12-26-18-19(29)16-5-1-2-6-17(16)28-20(18)24/h1-2,5-6,9-12H,3-4,7-8H2,(H2,24,28)(H2,25,27,30). The van der Waals surface area contributed by atoms with Gasteiger partial charge in [-0.05, 0) is 37.1 Å². The Morgan fingerprint density at radius 2 is 1.87 bits per heavy atom. The molecule has 0 aliphatic rings. The van der Waals surface area contributed by atoms with Gasteiger partial charge in [-0.15, -0.1) is 0 Å². The molecule has 30 heavy (non-hydrogen) atoms. The Balaban J connectivity index is 1.33. The molecule has 0 fully saturated rings. The summed E-state index contributed by atoms with van der Waals surface area (Å²) < 4.78 is 2.09. The summed E-state index contributed by atoms with van der Waals surface area (Å²) in [5, 5.41) is 7.52. The molecule has 0 radical (unpaired) electrons. The van der Waals surface area contributed by atoms with E-state index in [0.29, 0.717) is 33.6 Å². The van der Waals surface area contributed by atoms with E-state index in [1.54, 1.807) is 24.5 Å². The second-order valence-corrected chi connectivity index (χ2v) is 7.77. The third-order valence-electron chi connectivity index (χ3n) is 4.71. The zero-order chi connectivity index (χ0) is 21.1. The summed E-state index contributed by atoms with van der Waals surface area (Å²) in [7, 11) is 0. The van der Waals surface area contributed by atoms with Crippen molar-refractivity contribution in [2.45, 2.75) is 19.4 Å². The van der Waals surface area contributed by atoms with Crippen LogP contribution in [-0.2, 0) is 6.54 Å². The number of anilines is 2. The van der Waals surface area contributed by atoms with Crippen LogP contribution in [-0.4, -0.2) is 27.1 Å². The average molecular weight is 443 g/mol. The van der Waals surface area contributed by atoms with Crippen molar-refractivity contribution in [1.82, 2.24) is 19.9 Å². The first-order valence-electron chi connectivity index (χ1n) is 9.51. The molecule has 0 saturated carbocycles. The Labute approximate surface area is 183 Å². The molecule has 4 rings (SSSR count). The van der Waals surface area contributed by atoms with Gasteiger partial charge in [0, 0.05) is 34.2 Å². The van der Waals surface area contributed by atoms with Crippen LogP contribution in [0.25, 0.3) is 21.9 Å². The number of pyridine rings is 1. The van der Waals surface area contributed by atoms with Gasteiger partial charge in [-0.25, -0.2) is 14.8 Å². The highest BCUT2D eigenvalue weighted by Gasteiger charge is 2.11. The van der Waals surface area contributed by atoms with Crippen molar-refractivity contribution in [3.8, 4) is 0 Å². The van der Waals surface area contributed by atoms with Crippen LogP contribution in [0, 0.1) is 0 Å². The van der Waals surface area contributed by atoms with E-state index in [9.17, 15) is 4.79 Å². The summed E-state index contributed by atoms with van der Waals surface area (Å²) in [4.78, 5) is 20.9. The number of carbonyl (C=O) groups is 1. The molecule has 0 aliphatic heterocycles. The van der Waals surface area contributed by atoms with E-state index >= 15 is 0 Å². The zero-order valence-corrected chi connectivity index (χ0v) is 17.5. The number of unbranched alkanes of at least 4 members (excludes halogenated alkanes) is 1. The van der Waals surface area contributed by atoms with Gasteiger partial charge in [-0.2, -0.15) is 0 Å². The summed E-state index contributed by atoms with van der Waals surface area (Å²) >= 11 is 11.9. The van der Waals surface area contributed by atoms with Crippen molar-refractivity contribution < 1.29 is 4.79 Å². The van der Waals surface area contributed by atoms with Gasteiger partial charge in [-0.3, -0.25) is 0 Å². The fraction of sp³-hybridized carbons (Fsp3) is 0.190. The molecule has 154 valence electrons. The number of urea groups is 1. The molecule has 2 heterocycles. The lowest BCUT2D eigenvalue weighted by Crippen LogP contribution is -2.29. The van der Waals surface area contributed by atoms with E-state index in [2.05, 4.69) is 25.2 Å². The lowest BCUT2D eigenvalue weighted by molar-refractivity contribution is 0.252. The normalized spacial score (nSPS) is 11.1. The molecule has 4 N–H and O–H groups in total. The van der Waals surface area contributed by atoms with Crippen LogP contribution in [0.3, 0.4) is 0 Å². The minimum atomic E-state index is -0.300. The lowest BCUT2D eigenvalue weighted by atomic mass is 10.2. The first-order valence-corrected chi connectivity index (χ1v) is 10.3. The minimum absolute atomic E-state index is 0.300. The Bertz CT molecular complexity index is 1200. The second kappa shape index (κ2) is 8.77. The van der Waals surface area contributed by atoms with Crippen LogP contribution in [0.4, 0.5) is 16.3 Å². The van der Waals surface area contributed by atoms with Crippen molar-refractivity contribution in [2.24, 2.45) is 0 Å². The SMILES string of the molecule is Nc1nc2ccccc2c2c1ncn2CCCCNC(=O)Nc1cc(Cl)cc(Cl)c1. The average Bonchev–Trinajstić information content (AvgIpc) is 3.12. The summed E-state index contributed by atoms with van der Waals surface area (Å²) in [6, 6.07) is 12.5. The maximum Gasteiger partial charge on any atom is 0.319 e. The van der Waals surface area contributed by atoms with Crippen molar-refractivity contribution in [2.75, 3.05) is 17.6 Å². The number of hydrogen-bond acceptors (Lipinski definition) is 4. The number of aryl methyl sites for hydroxylation is 1. The second-order valence-electron chi connectivity index (χ2n) is 6.90. The van der Waals surface area contributed by atoms with E-state index in [-0.39, 0.29) is 6.03 Å². The Morgan fingerprint density at radius 1 is 1.10 bits per heavy atom. The van der Waals surface area contributed by atoms with E-state index in [1.807, 2.05) is 24.3 Å². The summed E-state index contributed by atoms with van der Waals surface area (Å²) in [6.45, 7) is 1.30. The quantitative estimate of drug-likeness (QED) is 0.362. The number of halogens is 2. The number of rotatable bonds is 6. The minimum Gasteiger partial charge on any atom is -0.382 e. The number of para-hydroxylation sites is 1. The summed E-state index contributed by atoms with van der Waals surface area (Å²) in [6.07, 6.45) is 3.46. The highest BCUT2D eigenvalue weighted by molar-refractivity contribution is 6.35. The van der Waals surface area contributed by atoms with Crippen LogP contribution in [0.1, 0.15) is 12.8 Å². The van der Waals surface area contributed by atoms with Gasteiger partial charge in [0.2, 0.25) is 0 Å². The Morgan fingerprint density at radius 3 is 2.67 bits per heavy atom. The number of imidazole rings is 1. The zero-order valence-electron chi connectivity index (χ0n) is 16.0. The van der Waals surface area contributed by atoms with E-state index in [4.69, 9.17) is 28.9 Å². The van der Waals surface area contributed by atoms with Gasteiger partial charge in [0.1, 0.15) is 5.52 Å². The predicted molar refractivity (Wildman–Crippen MR) is 122 cm³/mol. The first-order chi connectivity index (χ1) is 14.5. The molecule has 2 amide bonds.